The van der Waals surface area contributed by atoms with E-state index in [1.807, 2.05) is 24.3 Å². The molecule has 0 aliphatic carbocycles. The van der Waals surface area contributed by atoms with Crippen LogP contribution in [0.2, 0.25) is 0 Å². The van der Waals surface area contributed by atoms with Crippen molar-refractivity contribution in [2.24, 2.45) is 0 Å². The van der Waals surface area contributed by atoms with Crippen LogP contribution in [0.1, 0.15) is 11.3 Å². The Kier molecular flexibility index (Phi) is 3.22. The van der Waals surface area contributed by atoms with Crippen LogP contribution in [-0.4, -0.2) is 4.98 Å². The molecule has 1 heterocycles. The van der Waals surface area contributed by atoms with E-state index >= 15 is 0 Å². The summed E-state index contributed by atoms with van der Waals surface area (Å²) in [6.45, 7) is 0. The second kappa shape index (κ2) is 5.02. The van der Waals surface area contributed by atoms with Gasteiger partial charge in [-0.15, -0.1) is 0 Å². The van der Waals surface area contributed by atoms with Crippen LogP contribution < -0.4 is 0 Å². The van der Waals surface area contributed by atoms with Gasteiger partial charge in [0.1, 0.15) is 5.82 Å². The number of hydrogen-bond donors (Lipinski definition) is 1. The zero-order valence-electron chi connectivity index (χ0n) is 10.0. The Morgan fingerprint density at radius 2 is 1.74 bits per heavy atom. The molecule has 1 N–H and O–H groups in total. The first-order valence-corrected chi connectivity index (χ1v) is 6.72. The van der Waals surface area contributed by atoms with E-state index in [1.165, 1.54) is 17.5 Å². The van der Waals surface area contributed by atoms with E-state index in [0.29, 0.717) is 0 Å². The number of aromatic nitrogens is 1. The van der Waals surface area contributed by atoms with Crippen molar-refractivity contribution in [3.05, 3.63) is 70.1 Å². The predicted molar refractivity (Wildman–Crippen MR) is 81.3 cm³/mol. The van der Waals surface area contributed by atoms with Crippen LogP contribution in [0.25, 0.3) is 23.1 Å². The van der Waals surface area contributed by atoms with Gasteiger partial charge >= 0.3 is 0 Å². The Morgan fingerprint density at radius 1 is 0.947 bits per heavy atom. The first-order valence-electron chi connectivity index (χ1n) is 5.93. The highest BCUT2D eigenvalue weighted by Gasteiger charge is 1.98. The number of fused-ring (bicyclic) bond motifs is 1. The highest BCUT2D eigenvalue weighted by atomic mass is 79.9. The average Bonchev–Trinajstić information content (AvgIpc) is 2.80. The molecule has 0 atom stereocenters. The molecule has 0 spiro atoms. The Labute approximate surface area is 118 Å². The second-order valence-electron chi connectivity index (χ2n) is 4.34. The quantitative estimate of drug-likeness (QED) is 0.665. The van der Waals surface area contributed by atoms with Gasteiger partial charge in [0.05, 0.1) is 0 Å². The molecule has 0 amide bonds. The zero-order chi connectivity index (χ0) is 13.2. The van der Waals surface area contributed by atoms with Crippen LogP contribution in [0.5, 0.6) is 0 Å². The topological polar surface area (TPSA) is 15.8 Å². The van der Waals surface area contributed by atoms with E-state index in [2.05, 4.69) is 33.0 Å². The lowest BCUT2D eigenvalue weighted by Gasteiger charge is -1.92. The van der Waals surface area contributed by atoms with Crippen LogP contribution in [0.15, 0.2) is 53.0 Å². The Hall–Kier alpha value is -1.87. The fraction of sp³-hybridized carbons (Fsp3) is 0. The third kappa shape index (κ3) is 2.76. The third-order valence-corrected chi connectivity index (χ3v) is 3.42. The number of nitrogens with one attached hydrogen (secondary N) is 1. The van der Waals surface area contributed by atoms with Crippen molar-refractivity contribution >= 4 is 39.0 Å². The van der Waals surface area contributed by atoms with Crippen molar-refractivity contribution in [2.75, 3.05) is 0 Å². The summed E-state index contributed by atoms with van der Waals surface area (Å²) in [5.41, 5.74) is 3.09. The summed E-state index contributed by atoms with van der Waals surface area (Å²) in [4.78, 5) is 3.33. The van der Waals surface area contributed by atoms with Crippen LogP contribution in [0, 0.1) is 5.82 Å². The molecule has 3 rings (SSSR count). The van der Waals surface area contributed by atoms with Gasteiger partial charge in [-0.25, -0.2) is 4.39 Å². The minimum atomic E-state index is -0.215. The molecule has 19 heavy (non-hydrogen) atoms. The lowest BCUT2D eigenvalue weighted by Crippen LogP contribution is -1.75. The van der Waals surface area contributed by atoms with Gasteiger partial charge in [-0.2, -0.15) is 0 Å². The fourth-order valence-corrected chi connectivity index (χ4v) is 2.33. The summed E-state index contributed by atoms with van der Waals surface area (Å²) in [5.74, 6) is -0.215. The predicted octanol–water partition coefficient (Wildman–Crippen LogP) is 5.24. The Morgan fingerprint density at radius 3 is 2.53 bits per heavy atom. The molecular formula is C16H11BrFN. The number of rotatable bonds is 2. The highest BCUT2D eigenvalue weighted by Crippen LogP contribution is 2.21. The SMILES string of the molecule is Fc1ccc(/C=C/c2cc3ccc(Br)cc3[nH]2)cc1. The lowest BCUT2D eigenvalue weighted by atomic mass is 10.2. The summed E-state index contributed by atoms with van der Waals surface area (Å²) in [5, 5.41) is 1.17. The first-order chi connectivity index (χ1) is 9.20. The summed E-state index contributed by atoms with van der Waals surface area (Å²) in [7, 11) is 0. The van der Waals surface area contributed by atoms with Crippen molar-refractivity contribution in [3.63, 3.8) is 0 Å². The molecule has 0 bridgehead atoms. The van der Waals surface area contributed by atoms with E-state index in [4.69, 9.17) is 0 Å². The molecule has 0 aliphatic rings. The minimum Gasteiger partial charge on any atom is -0.355 e. The monoisotopic (exact) mass is 315 g/mol. The lowest BCUT2D eigenvalue weighted by molar-refractivity contribution is 0.628. The van der Waals surface area contributed by atoms with Gasteiger partial charge in [-0.1, -0.05) is 40.2 Å². The van der Waals surface area contributed by atoms with Crippen LogP contribution in [-0.2, 0) is 0 Å². The van der Waals surface area contributed by atoms with E-state index in [1.54, 1.807) is 12.1 Å². The summed E-state index contributed by atoms with van der Waals surface area (Å²) in [6.07, 6.45) is 3.94. The molecule has 0 saturated carbocycles. The number of hydrogen-bond acceptors (Lipinski definition) is 0. The van der Waals surface area contributed by atoms with Gasteiger partial charge in [-0.05, 0) is 42.0 Å². The van der Waals surface area contributed by atoms with Crippen LogP contribution in [0.3, 0.4) is 0 Å². The number of aromatic amines is 1. The van der Waals surface area contributed by atoms with E-state index in [-0.39, 0.29) is 5.82 Å². The molecule has 0 aliphatic heterocycles. The van der Waals surface area contributed by atoms with Gasteiger partial charge in [0, 0.05) is 21.1 Å². The molecule has 94 valence electrons. The molecule has 0 fully saturated rings. The standard InChI is InChI=1S/C16H11BrFN/c17-13-5-4-12-9-15(19-16(12)10-13)8-3-11-1-6-14(18)7-2-11/h1-10,19H/b8-3+. The number of H-pyrrole nitrogens is 1. The second-order valence-corrected chi connectivity index (χ2v) is 5.26. The smallest absolute Gasteiger partial charge is 0.123 e. The maximum atomic E-state index is 12.8. The molecule has 0 radical (unpaired) electrons. The first kappa shape index (κ1) is 12.2. The zero-order valence-corrected chi connectivity index (χ0v) is 11.6. The maximum Gasteiger partial charge on any atom is 0.123 e. The summed E-state index contributed by atoms with van der Waals surface area (Å²) >= 11 is 3.45. The van der Waals surface area contributed by atoms with Crippen LogP contribution in [0.4, 0.5) is 4.39 Å². The molecule has 1 nitrogen and oxygen atoms in total. The van der Waals surface area contributed by atoms with Gasteiger partial charge in [-0.3, -0.25) is 0 Å². The van der Waals surface area contributed by atoms with Crippen molar-refractivity contribution in [1.82, 2.24) is 4.98 Å². The molecule has 0 unspecified atom stereocenters. The Bertz CT molecular complexity index is 741. The minimum absolute atomic E-state index is 0.215. The average molecular weight is 316 g/mol. The molecule has 3 aromatic rings. The number of benzene rings is 2. The van der Waals surface area contributed by atoms with Crippen molar-refractivity contribution in [1.29, 1.82) is 0 Å². The van der Waals surface area contributed by atoms with E-state index in [0.717, 1.165) is 21.2 Å². The normalized spacial score (nSPS) is 11.5. The van der Waals surface area contributed by atoms with Gasteiger partial charge < -0.3 is 4.98 Å². The molecule has 1 aromatic heterocycles. The van der Waals surface area contributed by atoms with Gasteiger partial charge in [0.2, 0.25) is 0 Å². The van der Waals surface area contributed by atoms with Gasteiger partial charge in [0.25, 0.3) is 0 Å². The fourth-order valence-electron chi connectivity index (χ4n) is 1.97. The molecule has 2 aromatic carbocycles. The molecule has 0 saturated heterocycles. The number of halogens is 2. The summed E-state index contributed by atoms with van der Waals surface area (Å²) < 4.78 is 13.8. The van der Waals surface area contributed by atoms with Crippen molar-refractivity contribution in [3.8, 4) is 0 Å². The Balaban J connectivity index is 1.90. The molecule has 3 heteroatoms. The highest BCUT2D eigenvalue weighted by molar-refractivity contribution is 9.10. The molecular weight excluding hydrogens is 305 g/mol. The summed E-state index contributed by atoms with van der Waals surface area (Å²) in [6, 6.07) is 14.6. The van der Waals surface area contributed by atoms with Crippen molar-refractivity contribution < 1.29 is 4.39 Å². The van der Waals surface area contributed by atoms with Crippen LogP contribution >= 0.6 is 15.9 Å². The van der Waals surface area contributed by atoms with E-state index in [9.17, 15) is 4.39 Å². The van der Waals surface area contributed by atoms with Crippen molar-refractivity contribution in [2.45, 2.75) is 0 Å². The third-order valence-electron chi connectivity index (χ3n) is 2.93. The van der Waals surface area contributed by atoms with Gasteiger partial charge in [0.15, 0.2) is 0 Å². The van der Waals surface area contributed by atoms with E-state index < -0.39 is 0 Å². The largest absolute Gasteiger partial charge is 0.355 e. The maximum absolute atomic E-state index is 12.8.